The Bertz CT molecular complexity index is 1520. The fourth-order valence-corrected chi connectivity index (χ4v) is 4.94. The second-order valence-corrected chi connectivity index (χ2v) is 10.1. The van der Waals surface area contributed by atoms with Crippen LogP contribution in [0.3, 0.4) is 0 Å². The van der Waals surface area contributed by atoms with E-state index in [2.05, 4.69) is 25.1 Å². The quantitative estimate of drug-likeness (QED) is 0.286. The highest BCUT2D eigenvalue weighted by atomic mass is 32.2. The summed E-state index contributed by atoms with van der Waals surface area (Å²) in [5, 5.41) is 7.33. The van der Waals surface area contributed by atoms with Crippen molar-refractivity contribution in [2.45, 2.75) is 4.90 Å². The van der Waals surface area contributed by atoms with Gasteiger partial charge in [0.25, 0.3) is 21.8 Å². The summed E-state index contributed by atoms with van der Waals surface area (Å²) in [6.07, 6.45) is 1.49. The topological polar surface area (TPSA) is 144 Å². The number of esters is 1. The van der Waals surface area contributed by atoms with E-state index in [9.17, 15) is 22.8 Å². The normalized spacial score (nSPS) is 10.8. The zero-order chi connectivity index (χ0) is 26.4. The van der Waals surface area contributed by atoms with E-state index in [4.69, 9.17) is 0 Å². The number of thiazole rings is 1. The molecule has 1 aromatic heterocycles. The van der Waals surface area contributed by atoms with Crippen LogP contribution >= 0.6 is 11.3 Å². The van der Waals surface area contributed by atoms with Gasteiger partial charge in [0.05, 0.1) is 17.6 Å². The van der Waals surface area contributed by atoms with Crippen LogP contribution in [0.5, 0.6) is 0 Å². The first kappa shape index (κ1) is 25.5. The number of carbonyl (C=O) groups excluding carboxylic acids is 3. The lowest BCUT2D eigenvalue weighted by Gasteiger charge is -2.09. The molecule has 1 heterocycles. The molecule has 0 aliphatic rings. The molecule has 37 heavy (non-hydrogen) atoms. The Balaban J connectivity index is 1.35. The standard InChI is InChI=1S/C25H20N4O6S2/c1-35-24(32)18-4-2-16(3-5-18)22(30)27-19-8-6-17(7-9-19)23(31)28-20-10-12-21(13-11-20)37(33,34)29-25-26-14-15-36-25/h2-15H,1H3,(H,26,29)(H,27,30)(H,28,31). The molecule has 4 rings (SSSR count). The van der Waals surface area contributed by atoms with Crippen molar-refractivity contribution in [3.63, 3.8) is 0 Å². The fourth-order valence-electron chi connectivity index (χ4n) is 3.15. The van der Waals surface area contributed by atoms with Crippen LogP contribution in [-0.4, -0.2) is 38.3 Å². The SMILES string of the molecule is COC(=O)c1ccc(C(=O)Nc2ccc(C(=O)Nc3ccc(S(=O)(=O)Nc4nccs4)cc3)cc2)cc1. The third-order valence-electron chi connectivity index (χ3n) is 5.05. The predicted molar refractivity (Wildman–Crippen MR) is 139 cm³/mol. The van der Waals surface area contributed by atoms with Crippen molar-refractivity contribution >= 4 is 55.7 Å². The highest BCUT2D eigenvalue weighted by molar-refractivity contribution is 7.93. The summed E-state index contributed by atoms with van der Waals surface area (Å²) in [6, 6.07) is 18.0. The largest absolute Gasteiger partial charge is 0.465 e. The maximum Gasteiger partial charge on any atom is 0.337 e. The van der Waals surface area contributed by atoms with E-state index in [-0.39, 0.29) is 15.9 Å². The fraction of sp³-hybridized carbons (Fsp3) is 0.0400. The van der Waals surface area contributed by atoms with Crippen molar-refractivity contribution in [2.24, 2.45) is 0 Å². The van der Waals surface area contributed by atoms with E-state index in [1.165, 1.54) is 61.8 Å². The molecule has 188 valence electrons. The molecule has 0 saturated carbocycles. The molecule has 10 nitrogen and oxygen atoms in total. The minimum Gasteiger partial charge on any atom is -0.465 e. The van der Waals surface area contributed by atoms with Crippen molar-refractivity contribution in [1.29, 1.82) is 0 Å². The average Bonchev–Trinajstić information content (AvgIpc) is 3.41. The first-order chi connectivity index (χ1) is 17.7. The maximum atomic E-state index is 12.6. The van der Waals surface area contributed by atoms with Gasteiger partial charge >= 0.3 is 5.97 Å². The monoisotopic (exact) mass is 536 g/mol. The molecule has 2 amide bonds. The van der Waals surface area contributed by atoms with Gasteiger partial charge in [-0.1, -0.05) is 0 Å². The molecule has 0 radical (unpaired) electrons. The number of anilines is 3. The van der Waals surface area contributed by atoms with E-state index in [0.717, 1.165) is 11.3 Å². The number of amides is 2. The van der Waals surface area contributed by atoms with Crippen molar-refractivity contribution in [2.75, 3.05) is 22.5 Å². The van der Waals surface area contributed by atoms with Crippen LogP contribution in [0.2, 0.25) is 0 Å². The van der Waals surface area contributed by atoms with Crippen LogP contribution < -0.4 is 15.4 Å². The van der Waals surface area contributed by atoms with Gasteiger partial charge in [-0.2, -0.15) is 0 Å². The molecule has 0 saturated heterocycles. The molecule has 3 aromatic carbocycles. The molecule has 0 atom stereocenters. The van der Waals surface area contributed by atoms with Crippen LogP contribution in [0.1, 0.15) is 31.1 Å². The van der Waals surface area contributed by atoms with Crippen LogP contribution in [0.25, 0.3) is 0 Å². The van der Waals surface area contributed by atoms with Gasteiger partial charge in [0, 0.05) is 34.1 Å². The summed E-state index contributed by atoms with van der Waals surface area (Å²) in [7, 11) is -2.52. The van der Waals surface area contributed by atoms with Crippen molar-refractivity contribution in [1.82, 2.24) is 4.98 Å². The van der Waals surface area contributed by atoms with E-state index >= 15 is 0 Å². The number of ether oxygens (including phenoxy) is 1. The maximum absolute atomic E-state index is 12.6. The van der Waals surface area contributed by atoms with Gasteiger partial charge in [-0.3, -0.25) is 14.3 Å². The molecular weight excluding hydrogens is 516 g/mol. The minimum absolute atomic E-state index is 0.0285. The summed E-state index contributed by atoms with van der Waals surface area (Å²) in [5.74, 6) is -1.29. The number of methoxy groups -OCH3 is 1. The smallest absolute Gasteiger partial charge is 0.337 e. The summed E-state index contributed by atoms with van der Waals surface area (Å²) in [5.41, 5.74) is 1.90. The number of aromatic nitrogens is 1. The first-order valence-corrected chi connectivity index (χ1v) is 13.0. The summed E-state index contributed by atoms with van der Waals surface area (Å²) < 4.78 is 31.9. The van der Waals surface area contributed by atoms with E-state index in [0.29, 0.717) is 28.1 Å². The number of benzene rings is 3. The highest BCUT2D eigenvalue weighted by Gasteiger charge is 2.16. The molecule has 0 aliphatic carbocycles. The third kappa shape index (κ3) is 6.37. The number of nitrogens with zero attached hydrogens (tertiary/aromatic N) is 1. The Morgan fingerprint density at radius 2 is 1.24 bits per heavy atom. The Hall–Kier alpha value is -4.55. The minimum atomic E-state index is -3.79. The predicted octanol–water partition coefficient (Wildman–Crippen LogP) is 4.24. The van der Waals surface area contributed by atoms with Gasteiger partial charge in [0.15, 0.2) is 5.13 Å². The second kappa shape index (κ2) is 11.0. The Kier molecular flexibility index (Phi) is 7.60. The summed E-state index contributed by atoms with van der Waals surface area (Å²) >= 11 is 1.16. The molecule has 0 unspecified atom stereocenters. The number of hydrogen-bond acceptors (Lipinski definition) is 8. The first-order valence-electron chi connectivity index (χ1n) is 10.7. The highest BCUT2D eigenvalue weighted by Crippen LogP contribution is 2.20. The van der Waals surface area contributed by atoms with Crippen molar-refractivity contribution in [3.8, 4) is 0 Å². The van der Waals surface area contributed by atoms with Crippen LogP contribution in [-0.2, 0) is 14.8 Å². The lowest BCUT2D eigenvalue weighted by atomic mass is 10.1. The number of nitrogens with one attached hydrogen (secondary N) is 3. The van der Waals surface area contributed by atoms with Gasteiger partial charge in [-0.25, -0.2) is 18.2 Å². The second-order valence-electron chi connectivity index (χ2n) is 7.52. The Labute approximate surface area is 216 Å². The zero-order valence-corrected chi connectivity index (χ0v) is 20.9. The average molecular weight is 537 g/mol. The van der Waals surface area contributed by atoms with Gasteiger partial charge < -0.3 is 15.4 Å². The lowest BCUT2D eigenvalue weighted by Crippen LogP contribution is -2.14. The summed E-state index contributed by atoms with van der Waals surface area (Å²) in [6.45, 7) is 0. The number of hydrogen-bond donors (Lipinski definition) is 3. The lowest BCUT2D eigenvalue weighted by molar-refractivity contribution is 0.0600. The number of carbonyl (C=O) groups is 3. The van der Waals surface area contributed by atoms with Crippen molar-refractivity contribution < 1.29 is 27.5 Å². The molecular formula is C25H20N4O6S2. The Morgan fingerprint density at radius 3 is 1.73 bits per heavy atom. The number of sulfonamides is 1. The molecule has 3 N–H and O–H groups in total. The van der Waals surface area contributed by atoms with E-state index in [1.54, 1.807) is 29.6 Å². The van der Waals surface area contributed by atoms with E-state index < -0.39 is 21.9 Å². The van der Waals surface area contributed by atoms with Crippen LogP contribution in [0.4, 0.5) is 16.5 Å². The summed E-state index contributed by atoms with van der Waals surface area (Å²) in [4.78, 5) is 40.5. The van der Waals surface area contributed by atoms with E-state index in [1.807, 2.05) is 0 Å². The molecule has 4 aromatic rings. The molecule has 0 fully saturated rings. The molecule has 0 aliphatic heterocycles. The van der Waals surface area contributed by atoms with Gasteiger partial charge in [-0.05, 0) is 72.8 Å². The Morgan fingerprint density at radius 1 is 0.757 bits per heavy atom. The van der Waals surface area contributed by atoms with Crippen molar-refractivity contribution in [3.05, 3.63) is 101 Å². The third-order valence-corrected chi connectivity index (χ3v) is 7.22. The van der Waals surface area contributed by atoms with Gasteiger partial charge in [0.1, 0.15) is 0 Å². The molecule has 0 spiro atoms. The van der Waals surface area contributed by atoms with Gasteiger partial charge in [0.2, 0.25) is 0 Å². The zero-order valence-electron chi connectivity index (χ0n) is 19.3. The van der Waals surface area contributed by atoms with Crippen LogP contribution in [0, 0.1) is 0 Å². The van der Waals surface area contributed by atoms with Crippen LogP contribution in [0.15, 0.2) is 89.3 Å². The van der Waals surface area contributed by atoms with Gasteiger partial charge in [-0.15, -0.1) is 11.3 Å². The molecule has 0 bridgehead atoms. The number of rotatable bonds is 8. The molecule has 12 heteroatoms.